The van der Waals surface area contributed by atoms with Crippen LogP contribution in [0.25, 0.3) is 0 Å². The molecule has 1 fully saturated rings. The van der Waals surface area contributed by atoms with Crippen molar-refractivity contribution in [2.24, 2.45) is 0 Å². The maximum Gasteiger partial charge on any atom is 0.260 e. The quantitative estimate of drug-likeness (QED) is 0.614. The van der Waals surface area contributed by atoms with E-state index in [1.54, 1.807) is 12.0 Å². The molecule has 29 heavy (non-hydrogen) atoms. The number of likely N-dealkylation sites (tertiary alicyclic amines) is 1. The largest absolute Gasteiger partial charge is 0.496 e. The lowest BCUT2D eigenvalue weighted by atomic mass is 10.00. The van der Waals surface area contributed by atoms with Gasteiger partial charge in [0.05, 0.1) is 13.0 Å². The second-order valence-corrected chi connectivity index (χ2v) is 7.09. The van der Waals surface area contributed by atoms with Gasteiger partial charge in [-0.25, -0.2) is 0 Å². The molecule has 2 aromatic carbocycles. The Morgan fingerprint density at radius 2 is 1.86 bits per heavy atom. The van der Waals surface area contributed by atoms with Crippen molar-refractivity contribution in [2.75, 3.05) is 26.8 Å². The summed E-state index contributed by atoms with van der Waals surface area (Å²) >= 11 is 0. The topological polar surface area (TPSA) is 77.7 Å². The van der Waals surface area contributed by atoms with E-state index < -0.39 is 0 Å². The molecule has 150 valence electrons. The summed E-state index contributed by atoms with van der Waals surface area (Å²) < 4.78 is 16.4. The highest BCUT2D eigenvalue weighted by molar-refractivity contribution is 5.78. The lowest BCUT2D eigenvalue weighted by Crippen LogP contribution is -2.50. The van der Waals surface area contributed by atoms with Crippen LogP contribution >= 0.6 is 0 Å². The smallest absolute Gasteiger partial charge is 0.260 e. The van der Waals surface area contributed by atoms with Crippen LogP contribution < -0.4 is 9.47 Å². The van der Waals surface area contributed by atoms with E-state index in [9.17, 15) is 4.79 Å². The number of amides is 1. The van der Waals surface area contributed by atoms with Gasteiger partial charge >= 0.3 is 0 Å². The Morgan fingerprint density at radius 3 is 2.62 bits per heavy atom. The first-order valence-electron chi connectivity index (χ1n) is 9.54. The van der Waals surface area contributed by atoms with Crippen molar-refractivity contribution in [3.8, 4) is 11.5 Å². The predicted octanol–water partition coefficient (Wildman–Crippen LogP) is 2.98. The van der Waals surface area contributed by atoms with Gasteiger partial charge in [-0.2, -0.15) is 4.98 Å². The summed E-state index contributed by atoms with van der Waals surface area (Å²) in [6.07, 6.45) is 0.535. The molecular weight excluding hydrogens is 370 g/mol. The molecule has 0 aliphatic carbocycles. The predicted molar refractivity (Wildman–Crippen MR) is 106 cm³/mol. The molecule has 1 saturated heterocycles. The third kappa shape index (κ3) is 4.23. The first kappa shape index (κ1) is 19.0. The van der Waals surface area contributed by atoms with E-state index in [1.807, 2.05) is 55.5 Å². The zero-order chi connectivity index (χ0) is 20.2. The van der Waals surface area contributed by atoms with Crippen molar-refractivity contribution in [1.29, 1.82) is 0 Å². The van der Waals surface area contributed by atoms with Gasteiger partial charge < -0.3 is 18.9 Å². The molecule has 1 aliphatic heterocycles. The molecule has 2 heterocycles. The number of hydrogen-bond acceptors (Lipinski definition) is 6. The molecule has 0 radical (unpaired) electrons. The van der Waals surface area contributed by atoms with E-state index in [2.05, 4.69) is 10.1 Å². The minimum atomic E-state index is -0.0433. The maximum atomic E-state index is 12.3. The summed E-state index contributed by atoms with van der Waals surface area (Å²) in [4.78, 5) is 18.6. The van der Waals surface area contributed by atoms with Gasteiger partial charge in [0, 0.05) is 25.1 Å². The lowest BCUT2D eigenvalue weighted by Gasteiger charge is -2.36. The summed E-state index contributed by atoms with van der Waals surface area (Å²) in [6, 6.07) is 15.4. The first-order chi connectivity index (χ1) is 14.1. The van der Waals surface area contributed by atoms with Crippen LogP contribution in [-0.4, -0.2) is 47.8 Å². The molecular formula is C22H23N3O4. The highest BCUT2D eigenvalue weighted by atomic mass is 16.5. The standard InChI is InChI=1S/C22H23N3O4/c1-15-7-3-5-9-18(15)28-14-21(26)25-12-17(13-25)22-23-20(24-29-22)11-16-8-4-6-10-19(16)27-2/h3-10,17H,11-14H2,1-2H3. The molecule has 1 aliphatic rings. The van der Waals surface area contributed by atoms with E-state index in [4.69, 9.17) is 14.0 Å². The fourth-order valence-corrected chi connectivity index (χ4v) is 3.31. The van der Waals surface area contributed by atoms with Crippen LogP contribution in [-0.2, 0) is 11.2 Å². The molecule has 1 amide bonds. The molecule has 3 aromatic rings. The Labute approximate surface area is 169 Å². The van der Waals surface area contributed by atoms with Crippen molar-refractivity contribution in [2.45, 2.75) is 19.3 Å². The Balaban J connectivity index is 1.29. The number of ether oxygens (including phenoxy) is 2. The van der Waals surface area contributed by atoms with Crippen LogP contribution in [0, 0.1) is 6.92 Å². The van der Waals surface area contributed by atoms with Gasteiger partial charge in [-0.3, -0.25) is 4.79 Å². The Hall–Kier alpha value is -3.35. The molecule has 4 rings (SSSR count). The van der Waals surface area contributed by atoms with Crippen LogP contribution in [0.5, 0.6) is 11.5 Å². The summed E-state index contributed by atoms with van der Waals surface area (Å²) in [5.41, 5.74) is 2.01. The van der Waals surface area contributed by atoms with Crippen LogP contribution in [0.3, 0.4) is 0 Å². The number of aryl methyl sites for hydroxylation is 1. The third-order valence-corrected chi connectivity index (χ3v) is 5.05. The summed E-state index contributed by atoms with van der Waals surface area (Å²) in [5, 5.41) is 4.08. The van der Waals surface area contributed by atoms with E-state index in [0.717, 1.165) is 22.6 Å². The van der Waals surface area contributed by atoms with Gasteiger partial charge in [0.25, 0.3) is 5.91 Å². The normalized spacial score (nSPS) is 13.8. The zero-order valence-electron chi connectivity index (χ0n) is 16.5. The number of methoxy groups -OCH3 is 1. The van der Waals surface area contributed by atoms with E-state index in [1.165, 1.54) is 0 Å². The van der Waals surface area contributed by atoms with Crippen molar-refractivity contribution in [1.82, 2.24) is 15.0 Å². The molecule has 7 nitrogen and oxygen atoms in total. The minimum absolute atomic E-state index is 0.0282. The molecule has 0 saturated carbocycles. The highest BCUT2D eigenvalue weighted by Crippen LogP contribution is 2.27. The summed E-state index contributed by atoms with van der Waals surface area (Å²) in [7, 11) is 1.64. The average molecular weight is 393 g/mol. The fourth-order valence-electron chi connectivity index (χ4n) is 3.31. The van der Waals surface area contributed by atoms with Gasteiger partial charge in [0.15, 0.2) is 12.4 Å². The van der Waals surface area contributed by atoms with Gasteiger partial charge in [-0.15, -0.1) is 0 Å². The minimum Gasteiger partial charge on any atom is -0.496 e. The van der Waals surface area contributed by atoms with Crippen molar-refractivity contribution >= 4 is 5.91 Å². The Bertz CT molecular complexity index is 995. The number of benzene rings is 2. The fraction of sp³-hybridized carbons (Fsp3) is 0.318. The number of carbonyl (C=O) groups excluding carboxylic acids is 1. The molecule has 7 heteroatoms. The van der Waals surface area contributed by atoms with E-state index in [-0.39, 0.29) is 18.4 Å². The van der Waals surface area contributed by atoms with Crippen LogP contribution in [0.1, 0.15) is 28.8 Å². The summed E-state index contributed by atoms with van der Waals surface area (Å²) in [6.45, 7) is 3.11. The lowest BCUT2D eigenvalue weighted by molar-refractivity contribution is -0.138. The molecule has 0 N–H and O–H groups in total. The van der Waals surface area contributed by atoms with Crippen LogP contribution in [0.2, 0.25) is 0 Å². The van der Waals surface area contributed by atoms with Gasteiger partial charge in [-0.05, 0) is 24.6 Å². The second kappa shape index (κ2) is 8.34. The monoisotopic (exact) mass is 393 g/mol. The molecule has 0 unspecified atom stereocenters. The van der Waals surface area contributed by atoms with Gasteiger partial charge in [0.1, 0.15) is 11.5 Å². The molecule has 1 aromatic heterocycles. The Morgan fingerprint density at radius 1 is 1.14 bits per heavy atom. The summed E-state index contributed by atoms with van der Waals surface area (Å²) in [5.74, 6) is 2.73. The van der Waals surface area contributed by atoms with Crippen molar-refractivity contribution < 1.29 is 18.8 Å². The van der Waals surface area contributed by atoms with Crippen molar-refractivity contribution in [3.05, 3.63) is 71.4 Å². The van der Waals surface area contributed by atoms with Crippen LogP contribution in [0.15, 0.2) is 53.1 Å². The molecule has 0 spiro atoms. The number of rotatable bonds is 7. The number of nitrogens with zero attached hydrogens (tertiary/aromatic N) is 3. The number of para-hydroxylation sites is 2. The maximum absolute atomic E-state index is 12.3. The SMILES string of the molecule is COc1ccccc1Cc1noc(C2CN(C(=O)COc3ccccc3C)C2)n1. The second-order valence-electron chi connectivity index (χ2n) is 7.09. The zero-order valence-corrected chi connectivity index (χ0v) is 16.5. The van der Waals surface area contributed by atoms with E-state index >= 15 is 0 Å². The van der Waals surface area contributed by atoms with Crippen LogP contribution in [0.4, 0.5) is 0 Å². The first-order valence-corrected chi connectivity index (χ1v) is 9.54. The van der Waals surface area contributed by atoms with Gasteiger partial charge in [0.2, 0.25) is 5.89 Å². The van der Waals surface area contributed by atoms with E-state index in [0.29, 0.717) is 31.2 Å². The third-order valence-electron chi connectivity index (χ3n) is 5.05. The van der Waals surface area contributed by atoms with Gasteiger partial charge in [-0.1, -0.05) is 41.6 Å². The number of aromatic nitrogens is 2. The number of hydrogen-bond donors (Lipinski definition) is 0. The molecule has 0 bridgehead atoms. The molecule has 0 atom stereocenters. The van der Waals surface area contributed by atoms with Crippen molar-refractivity contribution in [3.63, 3.8) is 0 Å². The average Bonchev–Trinajstić information content (AvgIpc) is 3.14. The highest BCUT2D eigenvalue weighted by Gasteiger charge is 2.35. The number of carbonyl (C=O) groups is 1. The Kier molecular flexibility index (Phi) is 5.46.